The standard InChI is InChI=1S/C16H31N3O2/c1-3-8-17-16(2,15(20)21)13-18-11-7-14(12-18)19-9-5-4-6-10-19/h14,17H,3-13H2,1-2H3,(H,20,21). The molecular formula is C16H31N3O2. The SMILES string of the molecule is CCCNC(C)(CN1CCC(N2CCCCC2)C1)C(=O)O. The second-order valence-electron chi connectivity index (χ2n) is 6.84. The number of hydrogen-bond acceptors (Lipinski definition) is 4. The van der Waals surface area contributed by atoms with Crippen LogP contribution in [0.4, 0.5) is 0 Å². The Morgan fingerprint density at radius 2 is 2.00 bits per heavy atom. The minimum Gasteiger partial charge on any atom is -0.480 e. The number of piperidine rings is 1. The molecule has 0 aliphatic carbocycles. The van der Waals surface area contributed by atoms with E-state index in [9.17, 15) is 9.90 Å². The summed E-state index contributed by atoms with van der Waals surface area (Å²) in [6.45, 7) is 9.75. The third-order valence-corrected chi connectivity index (χ3v) is 4.93. The van der Waals surface area contributed by atoms with E-state index in [2.05, 4.69) is 22.0 Å². The quantitative estimate of drug-likeness (QED) is 0.744. The molecule has 0 aromatic heterocycles. The van der Waals surface area contributed by atoms with E-state index in [1.165, 1.54) is 38.8 Å². The highest BCUT2D eigenvalue weighted by atomic mass is 16.4. The van der Waals surface area contributed by atoms with Gasteiger partial charge in [-0.2, -0.15) is 0 Å². The number of carboxylic acid groups (broad SMARTS) is 1. The maximum absolute atomic E-state index is 11.6. The lowest BCUT2D eigenvalue weighted by Crippen LogP contribution is -2.57. The molecule has 2 aliphatic rings. The Morgan fingerprint density at radius 3 is 2.62 bits per heavy atom. The maximum Gasteiger partial charge on any atom is 0.324 e. The molecule has 2 rings (SSSR count). The van der Waals surface area contributed by atoms with Gasteiger partial charge in [-0.05, 0) is 58.8 Å². The summed E-state index contributed by atoms with van der Waals surface area (Å²) >= 11 is 0. The van der Waals surface area contributed by atoms with E-state index in [4.69, 9.17) is 0 Å². The van der Waals surface area contributed by atoms with Crippen LogP contribution in [-0.4, -0.2) is 71.7 Å². The molecule has 2 aliphatic heterocycles. The molecule has 0 saturated carbocycles. The average molecular weight is 297 g/mol. The van der Waals surface area contributed by atoms with Crippen LogP contribution in [0, 0.1) is 0 Å². The third-order valence-electron chi connectivity index (χ3n) is 4.93. The fourth-order valence-corrected chi connectivity index (χ4v) is 3.58. The second-order valence-corrected chi connectivity index (χ2v) is 6.84. The number of carbonyl (C=O) groups is 1. The topological polar surface area (TPSA) is 55.8 Å². The van der Waals surface area contributed by atoms with Crippen molar-refractivity contribution in [2.24, 2.45) is 0 Å². The molecule has 2 heterocycles. The lowest BCUT2D eigenvalue weighted by atomic mass is 10.0. The van der Waals surface area contributed by atoms with E-state index >= 15 is 0 Å². The van der Waals surface area contributed by atoms with Gasteiger partial charge in [0.15, 0.2) is 0 Å². The van der Waals surface area contributed by atoms with Gasteiger partial charge in [0, 0.05) is 19.1 Å². The minimum absolute atomic E-state index is 0.604. The van der Waals surface area contributed by atoms with Crippen molar-refractivity contribution in [2.75, 3.05) is 39.3 Å². The Balaban J connectivity index is 1.86. The van der Waals surface area contributed by atoms with Crippen LogP contribution >= 0.6 is 0 Å². The van der Waals surface area contributed by atoms with Crippen molar-refractivity contribution in [3.05, 3.63) is 0 Å². The Hall–Kier alpha value is -0.650. The van der Waals surface area contributed by atoms with E-state index in [0.29, 0.717) is 12.6 Å². The Bertz CT molecular complexity index is 344. The highest BCUT2D eigenvalue weighted by Gasteiger charge is 2.37. The summed E-state index contributed by atoms with van der Waals surface area (Å²) < 4.78 is 0. The molecule has 0 amide bonds. The fraction of sp³-hybridized carbons (Fsp3) is 0.938. The van der Waals surface area contributed by atoms with Gasteiger partial charge in [0.05, 0.1) is 0 Å². The zero-order valence-corrected chi connectivity index (χ0v) is 13.6. The average Bonchev–Trinajstić information content (AvgIpc) is 2.94. The number of likely N-dealkylation sites (tertiary alicyclic amines) is 2. The van der Waals surface area contributed by atoms with Crippen LogP contribution in [-0.2, 0) is 4.79 Å². The zero-order chi connectivity index (χ0) is 15.3. The van der Waals surface area contributed by atoms with Crippen LogP contribution in [0.1, 0.15) is 46.0 Å². The largest absolute Gasteiger partial charge is 0.480 e. The summed E-state index contributed by atoms with van der Waals surface area (Å²) in [5.41, 5.74) is -0.827. The van der Waals surface area contributed by atoms with Crippen molar-refractivity contribution in [3.8, 4) is 0 Å². The van der Waals surface area contributed by atoms with E-state index in [1.54, 1.807) is 0 Å². The summed E-state index contributed by atoms with van der Waals surface area (Å²) in [4.78, 5) is 16.5. The van der Waals surface area contributed by atoms with E-state index in [1.807, 2.05) is 6.92 Å². The van der Waals surface area contributed by atoms with Crippen LogP contribution in [0.3, 0.4) is 0 Å². The van der Waals surface area contributed by atoms with E-state index in [0.717, 1.165) is 26.1 Å². The maximum atomic E-state index is 11.6. The van der Waals surface area contributed by atoms with Crippen LogP contribution in [0.15, 0.2) is 0 Å². The van der Waals surface area contributed by atoms with Gasteiger partial charge in [0.1, 0.15) is 5.54 Å². The predicted molar refractivity (Wildman–Crippen MR) is 84.6 cm³/mol. The van der Waals surface area contributed by atoms with Gasteiger partial charge in [-0.15, -0.1) is 0 Å². The molecule has 21 heavy (non-hydrogen) atoms. The molecule has 5 heteroatoms. The van der Waals surface area contributed by atoms with E-state index < -0.39 is 11.5 Å². The van der Waals surface area contributed by atoms with Gasteiger partial charge < -0.3 is 10.4 Å². The Morgan fingerprint density at radius 1 is 1.29 bits per heavy atom. The molecular weight excluding hydrogens is 266 g/mol. The molecule has 2 fully saturated rings. The van der Waals surface area contributed by atoms with Crippen molar-refractivity contribution < 1.29 is 9.90 Å². The molecule has 2 N–H and O–H groups in total. The lowest BCUT2D eigenvalue weighted by Gasteiger charge is -2.34. The number of hydrogen-bond donors (Lipinski definition) is 2. The molecule has 0 aromatic rings. The molecule has 0 spiro atoms. The second kappa shape index (κ2) is 7.56. The number of nitrogens with zero attached hydrogens (tertiary/aromatic N) is 2. The lowest BCUT2D eigenvalue weighted by molar-refractivity contribution is -0.145. The van der Waals surface area contributed by atoms with Crippen molar-refractivity contribution in [3.63, 3.8) is 0 Å². The van der Waals surface area contributed by atoms with Gasteiger partial charge in [0.2, 0.25) is 0 Å². The first-order chi connectivity index (χ1) is 10.0. The van der Waals surface area contributed by atoms with Gasteiger partial charge >= 0.3 is 5.97 Å². The smallest absolute Gasteiger partial charge is 0.324 e. The highest BCUT2D eigenvalue weighted by molar-refractivity contribution is 5.78. The summed E-state index contributed by atoms with van der Waals surface area (Å²) in [7, 11) is 0. The van der Waals surface area contributed by atoms with Gasteiger partial charge in [0.25, 0.3) is 0 Å². The normalized spacial score (nSPS) is 27.6. The third kappa shape index (κ3) is 4.41. The number of carboxylic acids is 1. The Kier molecular flexibility index (Phi) is 6.02. The zero-order valence-electron chi connectivity index (χ0n) is 13.6. The molecule has 2 saturated heterocycles. The van der Waals surface area contributed by atoms with Gasteiger partial charge in [-0.25, -0.2) is 0 Å². The van der Waals surface area contributed by atoms with Gasteiger partial charge in [-0.1, -0.05) is 13.3 Å². The first-order valence-corrected chi connectivity index (χ1v) is 8.50. The van der Waals surface area contributed by atoms with Gasteiger partial charge in [-0.3, -0.25) is 14.6 Å². The minimum atomic E-state index is -0.827. The highest BCUT2D eigenvalue weighted by Crippen LogP contribution is 2.21. The summed E-state index contributed by atoms with van der Waals surface area (Å²) in [6.07, 6.45) is 6.15. The summed E-state index contributed by atoms with van der Waals surface area (Å²) in [5.74, 6) is -0.739. The number of nitrogens with one attached hydrogen (secondary N) is 1. The van der Waals surface area contributed by atoms with Crippen molar-refractivity contribution in [2.45, 2.75) is 57.5 Å². The van der Waals surface area contributed by atoms with Crippen LogP contribution in [0.2, 0.25) is 0 Å². The molecule has 122 valence electrons. The van der Waals surface area contributed by atoms with Crippen molar-refractivity contribution >= 4 is 5.97 Å². The van der Waals surface area contributed by atoms with Crippen LogP contribution in [0.5, 0.6) is 0 Å². The van der Waals surface area contributed by atoms with E-state index in [-0.39, 0.29) is 0 Å². The van der Waals surface area contributed by atoms with Crippen LogP contribution in [0.25, 0.3) is 0 Å². The summed E-state index contributed by atoms with van der Waals surface area (Å²) in [5, 5.41) is 12.7. The monoisotopic (exact) mass is 297 g/mol. The van der Waals surface area contributed by atoms with Crippen molar-refractivity contribution in [1.29, 1.82) is 0 Å². The molecule has 2 atom stereocenters. The first kappa shape index (κ1) is 16.7. The number of aliphatic carboxylic acids is 1. The fourth-order valence-electron chi connectivity index (χ4n) is 3.58. The number of rotatable bonds is 7. The predicted octanol–water partition coefficient (Wildman–Crippen LogP) is 1.39. The van der Waals surface area contributed by atoms with Crippen LogP contribution < -0.4 is 5.32 Å². The first-order valence-electron chi connectivity index (χ1n) is 8.50. The molecule has 0 radical (unpaired) electrons. The molecule has 2 unspecified atom stereocenters. The summed E-state index contributed by atoms with van der Waals surface area (Å²) in [6, 6.07) is 0.634. The molecule has 0 aromatic carbocycles. The molecule has 5 nitrogen and oxygen atoms in total. The van der Waals surface area contributed by atoms with Crippen molar-refractivity contribution in [1.82, 2.24) is 15.1 Å². The Labute approximate surface area is 128 Å². The molecule has 0 bridgehead atoms.